The first-order valence-corrected chi connectivity index (χ1v) is 14.5. The van der Waals surface area contributed by atoms with E-state index in [-0.39, 0.29) is 13.0 Å². The number of carbonyl (C=O) groups is 3. The molecule has 1 aromatic carbocycles. The second kappa shape index (κ2) is 13.0. The second-order valence-electron chi connectivity index (χ2n) is 12.2. The summed E-state index contributed by atoms with van der Waals surface area (Å²) in [6.07, 6.45) is 6.29. The number of methoxy groups -OCH3 is 2. The first kappa shape index (κ1) is 31.1. The van der Waals surface area contributed by atoms with Gasteiger partial charge >= 0.3 is 12.1 Å². The Hall–Kier alpha value is -3.89. The lowest BCUT2D eigenvalue weighted by Crippen LogP contribution is -2.56. The van der Waals surface area contributed by atoms with E-state index in [0.717, 1.165) is 24.3 Å². The summed E-state index contributed by atoms with van der Waals surface area (Å²) in [4.78, 5) is 49.0. The van der Waals surface area contributed by atoms with Gasteiger partial charge in [-0.1, -0.05) is 46.1 Å². The largest absolute Gasteiger partial charge is 0.497 e. The normalized spacial score (nSPS) is 19.9. The molecule has 0 radical (unpaired) electrons. The van der Waals surface area contributed by atoms with Crippen LogP contribution >= 0.6 is 0 Å². The first-order chi connectivity index (χ1) is 19.9. The van der Waals surface area contributed by atoms with E-state index < -0.39 is 41.6 Å². The monoisotopic (exact) mass is 582 g/mol. The summed E-state index contributed by atoms with van der Waals surface area (Å²) in [6, 6.07) is 3.43. The number of esters is 1. The van der Waals surface area contributed by atoms with Gasteiger partial charge in [0.2, 0.25) is 11.8 Å². The number of aromatic nitrogens is 2. The summed E-state index contributed by atoms with van der Waals surface area (Å²) in [5, 5.41) is 11.7. The van der Waals surface area contributed by atoms with Gasteiger partial charge in [-0.3, -0.25) is 4.79 Å². The van der Waals surface area contributed by atoms with Crippen LogP contribution in [0.15, 0.2) is 24.3 Å². The molecule has 2 amide bonds. The Morgan fingerprint density at radius 1 is 1.17 bits per heavy atom. The van der Waals surface area contributed by atoms with E-state index in [1.807, 2.05) is 19.1 Å². The summed E-state index contributed by atoms with van der Waals surface area (Å²) >= 11 is 0. The van der Waals surface area contributed by atoms with Gasteiger partial charge in [-0.05, 0) is 48.8 Å². The number of likely N-dealkylation sites (tertiary alicyclic amines) is 1. The van der Waals surface area contributed by atoms with Crippen molar-refractivity contribution in [1.82, 2.24) is 20.2 Å². The van der Waals surface area contributed by atoms with Crippen LogP contribution in [-0.4, -0.2) is 76.9 Å². The van der Waals surface area contributed by atoms with E-state index in [2.05, 4.69) is 11.4 Å². The standard InChI is InChI=1S/C31H42N4O7/c1-18(9-7-8-10-19-11-12-19)25-27(33-23-15-20(40-5)13-14-22(23)32-25)42-21-16-24(29(37)41-6)35(17-21)28(36)26(31(2,3)4)34-30(38)39/h9,13-15,19,21,24,26,34H,7-8,10-12,16-17H2,1-6H3,(H,38,39)/b18-9+/t21-,24+,26-/m1/s1. The molecule has 0 bridgehead atoms. The number of carbonyl (C=O) groups excluding carboxylic acids is 2. The van der Waals surface area contributed by atoms with E-state index in [1.165, 1.54) is 31.3 Å². The number of carboxylic acid groups (broad SMARTS) is 1. The Balaban J connectivity index is 1.64. The number of unbranched alkanes of at least 4 members (excludes halogenated alkanes) is 1. The molecule has 0 unspecified atom stereocenters. The Labute approximate surface area is 246 Å². The van der Waals surface area contributed by atoms with Crippen molar-refractivity contribution >= 4 is 34.6 Å². The van der Waals surface area contributed by atoms with Crippen molar-refractivity contribution in [3.8, 4) is 11.6 Å². The number of ether oxygens (including phenoxy) is 3. The number of allylic oxidation sites excluding steroid dienone is 2. The zero-order chi connectivity index (χ0) is 30.6. The fraction of sp³-hybridized carbons (Fsp3) is 0.581. The van der Waals surface area contributed by atoms with Gasteiger partial charge in [0.05, 0.1) is 31.8 Å². The smallest absolute Gasteiger partial charge is 0.405 e. The molecular weight excluding hydrogens is 540 g/mol. The molecule has 2 N–H and O–H groups in total. The van der Waals surface area contributed by atoms with E-state index in [4.69, 9.17) is 24.2 Å². The van der Waals surface area contributed by atoms with Crippen molar-refractivity contribution in [1.29, 1.82) is 0 Å². The van der Waals surface area contributed by atoms with E-state index in [0.29, 0.717) is 28.4 Å². The molecule has 2 fully saturated rings. The first-order valence-electron chi connectivity index (χ1n) is 14.5. The van der Waals surface area contributed by atoms with E-state index in [1.54, 1.807) is 33.9 Å². The van der Waals surface area contributed by atoms with E-state index in [9.17, 15) is 19.5 Å². The molecule has 3 atom stereocenters. The molecule has 1 aromatic heterocycles. The van der Waals surface area contributed by atoms with Crippen LogP contribution in [0.5, 0.6) is 11.6 Å². The van der Waals surface area contributed by atoms with Crippen LogP contribution in [0.1, 0.15) is 71.9 Å². The highest BCUT2D eigenvalue weighted by molar-refractivity contribution is 5.90. The topological polar surface area (TPSA) is 140 Å². The summed E-state index contributed by atoms with van der Waals surface area (Å²) in [7, 11) is 2.84. The Bertz CT molecular complexity index is 1350. The molecule has 2 aromatic rings. The number of nitrogens with one attached hydrogen (secondary N) is 1. The Morgan fingerprint density at radius 2 is 1.90 bits per heavy atom. The van der Waals surface area contributed by atoms with Crippen LogP contribution in [0.3, 0.4) is 0 Å². The third kappa shape index (κ3) is 7.49. The number of hydrogen-bond donors (Lipinski definition) is 2. The van der Waals surface area contributed by atoms with Crippen LogP contribution in [0.2, 0.25) is 0 Å². The maximum atomic E-state index is 13.7. The number of benzene rings is 1. The fourth-order valence-electron chi connectivity index (χ4n) is 5.29. The molecular formula is C31H42N4O7. The summed E-state index contributed by atoms with van der Waals surface area (Å²) in [5.41, 5.74) is 2.06. The van der Waals surface area contributed by atoms with Crippen molar-refractivity contribution in [3.63, 3.8) is 0 Å². The zero-order valence-corrected chi connectivity index (χ0v) is 25.3. The molecule has 0 spiro atoms. The van der Waals surface area contributed by atoms with Gasteiger partial charge in [-0.2, -0.15) is 0 Å². The highest BCUT2D eigenvalue weighted by atomic mass is 16.5. The molecule has 42 heavy (non-hydrogen) atoms. The van der Waals surface area contributed by atoms with Gasteiger partial charge in [0.15, 0.2) is 0 Å². The third-order valence-electron chi connectivity index (χ3n) is 7.86. The highest BCUT2D eigenvalue weighted by Gasteiger charge is 2.46. The van der Waals surface area contributed by atoms with Crippen molar-refractivity contribution < 1.29 is 33.7 Å². The number of nitrogens with zero attached hydrogens (tertiary/aromatic N) is 3. The minimum absolute atomic E-state index is 0.0495. The van der Waals surface area contributed by atoms with Crippen LogP contribution in [0.25, 0.3) is 16.6 Å². The molecule has 1 saturated carbocycles. The summed E-state index contributed by atoms with van der Waals surface area (Å²) in [5.74, 6) is 0.676. The molecule has 4 rings (SSSR count). The molecule has 1 saturated heterocycles. The lowest BCUT2D eigenvalue weighted by Gasteiger charge is -2.34. The van der Waals surface area contributed by atoms with Crippen molar-refractivity contribution in [2.45, 2.75) is 84.4 Å². The van der Waals surface area contributed by atoms with Crippen LogP contribution < -0.4 is 14.8 Å². The predicted molar refractivity (Wildman–Crippen MR) is 157 cm³/mol. The molecule has 2 aliphatic rings. The molecule has 11 nitrogen and oxygen atoms in total. The van der Waals surface area contributed by atoms with Gasteiger partial charge in [0, 0.05) is 12.5 Å². The summed E-state index contributed by atoms with van der Waals surface area (Å²) in [6.45, 7) is 7.31. The van der Waals surface area contributed by atoms with Crippen molar-refractivity contribution in [3.05, 3.63) is 30.0 Å². The number of fused-ring (bicyclic) bond motifs is 1. The lowest BCUT2D eigenvalue weighted by molar-refractivity contribution is -0.152. The molecule has 228 valence electrons. The molecule has 1 aliphatic heterocycles. The van der Waals surface area contributed by atoms with Crippen LogP contribution in [0, 0.1) is 11.3 Å². The maximum absolute atomic E-state index is 13.7. The van der Waals surface area contributed by atoms with Crippen molar-refractivity contribution in [2.24, 2.45) is 11.3 Å². The molecule has 1 aliphatic carbocycles. The van der Waals surface area contributed by atoms with Gasteiger partial charge in [0.25, 0.3) is 0 Å². The summed E-state index contributed by atoms with van der Waals surface area (Å²) < 4.78 is 16.8. The quantitative estimate of drug-likeness (QED) is 0.282. The average molecular weight is 583 g/mol. The van der Waals surface area contributed by atoms with E-state index >= 15 is 0 Å². The molecule has 11 heteroatoms. The number of rotatable bonds is 11. The highest BCUT2D eigenvalue weighted by Crippen LogP contribution is 2.35. The number of amides is 2. The minimum atomic E-state index is -1.32. The predicted octanol–water partition coefficient (Wildman–Crippen LogP) is 4.83. The fourth-order valence-corrected chi connectivity index (χ4v) is 5.29. The Morgan fingerprint density at radius 3 is 2.52 bits per heavy atom. The maximum Gasteiger partial charge on any atom is 0.405 e. The minimum Gasteiger partial charge on any atom is -0.497 e. The van der Waals surface area contributed by atoms with Crippen LogP contribution in [-0.2, 0) is 14.3 Å². The van der Waals surface area contributed by atoms with Gasteiger partial charge in [0.1, 0.15) is 29.6 Å². The van der Waals surface area contributed by atoms with Gasteiger partial charge in [-0.15, -0.1) is 0 Å². The lowest BCUT2D eigenvalue weighted by atomic mass is 9.85. The SMILES string of the molecule is COC(=O)[C@@H]1C[C@@H](Oc2nc3cc(OC)ccc3nc2/C(C)=C/CCCC2CC2)CN1C(=O)[C@@H](NC(=O)O)C(C)(C)C. The Kier molecular flexibility index (Phi) is 9.58. The zero-order valence-electron chi connectivity index (χ0n) is 25.3. The van der Waals surface area contributed by atoms with Crippen molar-refractivity contribution in [2.75, 3.05) is 20.8 Å². The average Bonchev–Trinajstić information content (AvgIpc) is 3.68. The second-order valence-corrected chi connectivity index (χ2v) is 12.2. The molecule has 2 heterocycles. The third-order valence-corrected chi connectivity index (χ3v) is 7.86. The van der Waals surface area contributed by atoms with Gasteiger partial charge < -0.3 is 29.5 Å². The number of hydrogen-bond acceptors (Lipinski definition) is 8. The van der Waals surface area contributed by atoms with Gasteiger partial charge in [-0.25, -0.2) is 19.6 Å². The van der Waals surface area contributed by atoms with Crippen LogP contribution in [0.4, 0.5) is 4.79 Å².